The molecule has 3 N–H and O–H groups in total. The van der Waals surface area contributed by atoms with Crippen molar-refractivity contribution in [3.8, 4) is 0 Å². The molecule has 0 bridgehead atoms. The number of aryl methyl sites for hydroxylation is 1. The predicted octanol–water partition coefficient (Wildman–Crippen LogP) is 2.81. The van der Waals surface area contributed by atoms with Gasteiger partial charge < -0.3 is 5.73 Å². The topological polar surface area (TPSA) is 72.2 Å². The molecule has 0 saturated heterocycles. The van der Waals surface area contributed by atoms with Crippen LogP contribution in [0.4, 0.5) is 5.69 Å². The second kappa shape index (κ2) is 5.81. The average molecular weight is 347 g/mol. The lowest BCUT2D eigenvalue weighted by molar-refractivity contribution is 0.297. The van der Waals surface area contributed by atoms with Crippen LogP contribution in [0, 0.1) is 12.8 Å². The first-order valence-corrected chi connectivity index (χ1v) is 8.73. The molecule has 6 heteroatoms. The van der Waals surface area contributed by atoms with Crippen molar-refractivity contribution in [2.75, 3.05) is 12.3 Å². The van der Waals surface area contributed by atoms with Gasteiger partial charge in [0.15, 0.2) is 0 Å². The van der Waals surface area contributed by atoms with Gasteiger partial charge in [0.1, 0.15) is 0 Å². The van der Waals surface area contributed by atoms with Gasteiger partial charge in [-0.2, -0.15) is 0 Å². The van der Waals surface area contributed by atoms with Gasteiger partial charge in [0.2, 0.25) is 10.0 Å². The monoisotopic (exact) mass is 346 g/mol. The highest BCUT2D eigenvalue weighted by atomic mass is 79.9. The van der Waals surface area contributed by atoms with Gasteiger partial charge in [0, 0.05) is 16.7 Å². The van der Waals surface area contributed by atoms with E-state index in [0.29, 0.717) is 23.7 Å². The van der Waals surface area contributed by atoms with Crippen LogP contribution < -0.4 is 10.5 Å². The lowest BCUT2D eigenvalue weighted by Gasteiger charge is -2.25. The van der Waals surface area contributed by atoms with E-state index < -0.39 is 10.0 Å². The Morgan fingerprint density at radius 3 is 2.68 bits per heavy atom. The summed E-state index contributed by atoms with van der Waals surface area (Å²) in [6.07, 6.45) is 4.65. The summed E-state index contributed by atoms with van der Waals surface area (Å²) in [5, 5.41) is 0. The molecule has 0 amide bonds. The van der Waals surface area contributed by atoms with Crippen LogP contribution in [0.15, 0.2) is 21.5 Å². The summed E-state index contributed by atoms with van der Waals surface area (Å²) in [6, 6.07) is 3.24. The summed E-state index contributed by atoms with van der Waals surface area (Å²) in [4.78, 5) is 0.266. The molecule has 1 aliphatic rings. The van der Waals surface area contributed by atoms with Crippen LogP contribution in [0.1, 0.15) is 31.2 Å². The second-order valence-electron chi connectivity index (χ2n) is 5.12. The third kappa shape index (κ3) is 3.49. The molecule has 2 rings (SSSR count). The maximum absolute atomic E-state index is 12.2. The number of hydrogen-bond acceptors (Lipinski definition) is 3. The Balaban J connectivity index is 2.07. The molecule has 1 aliphatic carbocycles. The van der Waals surface area contributed by atoms with Crippen LogP contribution in [0.5, 0.6) is 0 Å². The Morgan fingerprint density at radius 1 is 1.42 bits per heavy atom. The minimum absolute atomic E-state index is 0.266. The SMILES string of the molecule is Cc1cc(Br)c(N)cc1S(=O)(=O)NCCC1CCC1. The van der Waals surface area contributed by atoms with E-state index in [4.69, 9.17) is 5.73 Å². The zero-order valence-electron chi connectivity index (χ0n) is 10.9. The fraction of sp³-hybridized carbons (Fsp3) is 0.538. The van der Waals surface area contributed by atoms with Crippen LogP contribution in [-0.4, -0.2) is 15.0 Å². The molecule has 4 nitrogen and oxygen atoms in total. The van der Waals surface area contributed by atoms with Crippen molar-refractivity contribution in [2.24, 2.45) is 5.92 Å². The smallest absolute Gasteiger partial charge is 0.240 e. The van der Waals surface area contributed by atoms with Crippen LogP contribution in [0.25, 0.3) is 0 Å². The minimum atomic E-state index is -3.46. The lowest BCUT2D eigenvalue weighted by atomic mass is 9.83. The molecule has 1 saturated carbocycles. The zero-order chi connectivity index (χ0) is 14.0. The van der Waals surface area contributed by atoms with Gasteiger partial charge in [-0.15, -0.1) is 0 Å². The molecular formula is C13H19BrN2O2S. The van der Waals surface area contributed by atoms with Gasteiger partial charge in [0.05, 0.1) is 4.90 Å². The van der Waals surface area contributed by atoms with Crippen molar-refractivity contribution in [3.63, 3.8) is 0 Å². The molecule has 1 aromatic rings. The lowest BCUT2D eigenvalue weighted by Crippen LogP contribution is -2.28. The van der Waals surface area contributed by atoms with Crippen molar-refractivity contribution in [2.45, 2.75) is 37.5 Å². The van der Waals surface area contributed by atoms with Gasteiger partial charge in [-0.1, -0.05) is 19.3 Å². The summed E-state index contributed by atoms with van der Waals surface area (Å²) in [5.74, 6) is 0.693. The molecule has 0 heterocycles. The van der Waals surface area contributed by atoms with Crippen LogP contribution in [-0.2, 0) is 10.0 Å². The Morgan fingerprint density at radius 2 is 2.11 bits per heavy atom. The van der Waals surface area contributed by atoms with Crippen molar-refractivity contribution in [1.29, 1.82) is 0 Å². The van der Waals surface area contributed by atoms with Crippen LogP contribution >= 0.6 is 15.9 Å². The summed E-state index contributed by atoms with van der Waals surface area (Å²) in [6.45, 7) is 2.27. The second-order valence-corrected chi connectivity index (χ2v) is 7.71. The van der Waals surface area contributed by atoms with Crippen molar-refractivity contribution in [1.82, 2.24) is 4.72 Å². The number of rotatable bonds is 5. The normalized spacial score (nSPS) is 16.3. The number of nitrogen functional groups attached to an aromatic ring is 1. The number of hydrogen-bond donors (Lipinski definition) is 2. The number of benzene rings is 1. The molecule has 0 radical (unpaired) electrons. The maximum atomic E-state index is 12.2. The number of sulfonamides is 1. The van der Waals surface area contributed by atoms with E-state index in [1.807, 2.05) is 0 Å². The van der Waals surface area contributed by atoms with Gasteiger partial charge in [-0.25, -0.2) is 13.1 Å². The van der Waals surface area contributed by atoms with E-state index in [2.05, 4.69) is 20.7 Å². The zero-order valence-corrected chi connectivity index (χ0v) is 13.4. The molecule has 106 valence electrons. The van der Waals surface area contributed by atoms with E-state index in [1.54, 1.807) is 13.0 Å². The van der Waals surface area contributed by atoms with Gasteiger partial charge in [0.25, 0.3) is 0 Å². The summed E-state index contributed by atoms with van der Waals surface area (Å²) in [5.41, 5.74) is 6.88. The highest BCUT2D eigenvalue weighted by Crippen LogP contribution is 2.29. The molecular weight excluding hydrogens is 328 g/mol. The number of halogens is 1. The van der Waals surface area contributed by atoms with E-state index in [1.165, 1.54) is 25.3 Å². The van der Waals surface area contributed by atoms with Crippen molar-refractivity contribution < 1.29 is 8.42 Å². The van der Waals surface area contributed by atoms with Crippen molar-refractivity contribution in [3.05, 3.63) is 22.2 Å². The molecule has 19 heavy (non-hydrogen) atoms. The maximum Gasteiger partial charge on any atom is 0.240 e. The first kappa shape index (κ1) is 14.8. The summed E-state index contributed by atoms with van der Waals surface area (Å²) >= 11 is 3.30. The number of nitrogens with one attached hydrogen (secondary N) is 1. The molecule has 0 atom stereocenters. The van der Waals surface area contributed by atoms with E-state index >= 15 is 0 Å². The Bertz CT molecular complexity index is 568. The average Bonchev–Trinajstić information content (AvgIpc) is 2.26. The largest absolute Gasteiger partial charge is 0.398 e. The first-order chi connectivity index (χ1) is 8.90. The summed E-state index contributed by atoms with van der Waals surface area (Å²) in [7, 11) is -3.46. The number of nitrogens with two attached hydrogens (primary N) is 1. The van der Waals surface area contributed by atoms with E-state index in [-0.39, 0.29) is 4.90 Å². The van der Waals surface area contributed by atoms with Gasteiger partial charge in [-0.3, -0.25) is 0 Å². The molecule has 0 unspecified atom stereocenters. The third-order valence-corrected chi connectivity index (χ3v) is 5.94. The molecule has 1 aromatic carbocycles. The van der Waals surface area contributed by atoms with E-state index in [9.17, 15) is 8.42 Å². The molecule has 0 aromatic heterocycles. The van der Waals surface area contributed by atoms with Crippen LogP contribution in [0.3, 0.4) is 0 Å². The third-order valence-electron chi connectivity index (χ3n) is 3.65. The quantitative estimate of drug-likeness (QED) is 0.805. The Labute approximate surface area is 122 Å². The standard InChI is InChI=1S/C13H19BrN2O2S/c1-9-7-11(14)12(15)8-13(9)19(17,18)16-6-5-10-3-2-4-10/h7-8,10,16H,2-6,15H2,1H3. The highest BCUT2D eigenvalue weighted by Gasteiger charge is 2.21. The Kier molecular flexibility index (Phi) is 4.53. The van der Waals surface area contributed by atoms with Gasteiger partial charge in [-0.05, 0) is 52.9 Å². The Hall–Kier alpha value is -0.590. The van der Waals surface area contributed by atoms with E-state index in [0.717, 1.165) is 10.9 Å². The fourth-order valence-corrected chi connectivity index (χ4v) is 3.98. The fourth-order valence-electron chi connectivity index (χ4n) is 2.21. The first-order valence-electron chi connectivity index (χ1n) is 6.45. The van der Waals surface area contributed by atoms with Crippen molar-refractivity contribution >= 4 is 31.6 Å². The van der Waals surface area contributed by atoms with Gasteiger partial charge >= 0.3 is 0 Å². The molecule has 0 aliphatic heterocycles. The molecule has 1 fully saturated rings. The molecule has 0 spiro atoms. The predicted molar refractivity (Wildman–Crippen MR) is 80.4 cm³/mol. The minimum Gasteiger partial charge on any atom is -0.398 e. The number of anilines is 1. The summed E-state index contributed by atoms with van der Waals surface area (Å²) < 4.78 is 27.8. The highest BCUT2D eigenvalue weighted by molar-refractivity contribution is 9.10. The van der Waals surface area contributed by atoms with Crippen LogP contribution in [0.2, 0.25) is 0 Å².